The predicted molar refractivity (Wildman–Crippen MR) is 78.7 cm³/mol. The van der Waals surface area contributed by atoms with E-state index in [-0.39, 0.29) is 6.04 Å². The van der Waals surface area contributed by atoms with E-state index >= 15 is 0 Å². The van der Waals surface area contributed by atoms with Gasteiger partial charge in [0.1, 0.15) is 11.6 Å². The predicted octanol–water partition coefficient (Wildman–Crippen LogP) is 3.50. The summed E-state index contributed by atoms with van der Waals surface area (Å²) in [5, 5.41) is 3.78. The van der Waals surface area contributed by atoms with Crippen LogP contribution in [0.1, 0.15) is 18.5 Å². The van der Waals surface area contributed by atoms with E-state index in [2.05, 4.69) is 10.3 Å². The van der Waals surface area contributed by atoms with Crippen molar-refractivity contribution in [3.8, 4) is 5.75 Å². The molecule has 0 amide bonds. The number of hydrogen-bond donors (Lipinski definition) is 2. The molecule has 0 aliphatic carbocycles. The van der Waals surface area contributed by atoms with Gasteiger partial charge in [0.15, 0.2) is 0 Å². The molecule has 0 bridgehead atoms. The van der Waals surface area contributed by atoms with Gasteiger partial charge in [-0.15, -0.1) is 0 Å². The summed E-state index contributed by atoms with van der Waals surface area (Å²) in [6.07, 6.45) is 1.57. The number of aromatic nitrogens is 1. The van der Waals surface area contributed by atoms with Crippen LogP contribution in [-0.2, 0) is 0 Å². The van der Waals surface area contributed by atoms with E-state index < -0.39 is 0 Å². The molecule has 0 aliphatic heterocycles. The van der Waals surface area contributed by atoms with Gasteiger partial charge in [-0.1, -0.05) is 23.7 Å². The van der Waals surface area contributed by atoms with Gasteiger partial charge in [-0.2, -0.15) is 0 Å². The second-order valence-electron chi connectivity index (χ2n) is 4.23. The van der Waals surface area contributed by atoms with Crippen LogP contribution in [0.5, 0.6) is 5.75 Å². The normalized spacial score (nSPS) is 11.9. The molecule has 1 unspecified atom stereocenters. The molecule has 3 N–H and O–H groups in total. The number of nitrogen functional groups attached to an aromatic ring is 1. The first-order chi connectivity index (χ1) is 9.10. The summed E-state index contributed by atoms with van der Waals surface area (Å²) in [4.78, 5) is 4.18. The van der Waals surface area contributed by atoms with Gasteiger partial charge in [0.25, 0.3) is 0 Å². The minimum Gasteiger partial charge on any atom is -0.497 e. The van der Waals surface area contributed by atoms with Gasteiger partial charge in [-0.25, -0.2) is 4.98 Å². The van der Waals surface area contributed by atoms with Crippen LogP contribution in [-0.4, -0.2) is 12.1 Å². The fourth-order valence-corrected chi connectivity index (χ4v) is 1.92. The molecule has 0 spiro atoms. The Labute approximate surface area is 117 Å². The molecule has 19 heavy (non-hydrogen) atoms. The highest BCUT2D eigenvalue weighted by atomic mass is 35.5. The number of nitrogens with two attached hydrogens (primary N) is 1. The van der Waals surface area contributed by atoms with E-state index in [0.717, 1.165) is 11.3 Å². The first kappa shape index (κ1) is 13.5. The average Bonchev–Trinajstić information content (AvgIpc) is 2.42. The lowest BCUT2D eigenvalue weighted by Crippen LogP contribution is -2.09. The Morgan fingerprint density at radius 1 is 1.32 bits per heavy atom. The first-order valence-electron chi connectivity index (χ1n) is 5.91. The van der Waals surface area contributed by atoms with Crippen LogP contribution in [0.3, 0.4) is 0 Å². The first-order valence-corrected chi connectivity index (χ1v) is 6.29. The molecule has 4 nitrogen and oxygen atoms in total. The lowest BCUT2D eigenvalue weighted by molar-refractivity contribution is 0.414. The number of rotatable bonds is 4. The zero-order valence-electron chi connectivity index (χ0n) is 10.9. The maximum atomic E-state index is 5.86. The molecule has 2 rings (SSSR count). The third-order valence-corrected chi connectivity index (χ3v) is 3.06. The highest BCUT2D eigenvalue weighted by molar-refractivity contribution is 6.30. The van der Waals surface area contributed by atoms with Gasteiger partial charge in [-0.05, 0) is 30.7 Å². The summed E-state index contributed by atoms with van der Waals surface area (Å²) in [6.45, 7) is 2.04. The quantitative estimate of drug-likeness (QED) is 0.898. The summed E-state index contributed by atoms with van der Waals surface area (Å²) in [7, 11) is 1.65. The van der Waals surface area contributed by atoms with E-state index in [1.807, 2.05) is 31.2 Å². The third-order valence-electron chi connectivity index (χ3n) is 2.85. The zero-order chi connectivity index (χ0) is 13.8. The van der Waals surface area contributed by atoms with Gasteiger partial charge in [0.2, 0.25) is 0 Å². The number of benzene rings is 1. The van der Waals surface area contributed by atoms with Crippen molar-refractivity contribution >= 4 is 23.1 Å². The standard InChI is InChI=1S/C14H16ClN3O/c1-9(10-3-5-12(19-2)6-4-10)18-14-13(16)7-11(15)8-17-14/h3-9H,16H2,1-2H3,(H,17,18). The Balaban J connectivity index is 2.13. The van der Waals surface area contributed by atoms with E-state index in [4.69, 9.17) is 22.1 Å². The molecule has 0 aliphatic rings. The van der Waals surface area contributed by atoms with Crippen molar-refractivity contribution in [1.82, 2.24) is 4.98 Å². The van der Waals surface area contributed by atoms with Gasteiger partial charge in [0, 0.05) is 6.20 Å². The molecule has 100 valence electrons. The summed E-state index contributed by atoms with van der Waals surface area (Å²) in [5.41, 5.74) is 7.52. The highest BCUT2D eigenvalue weighted by Gasteiger charge is 2.08. The summed E-state index contributed by atoms with van der Waals surface area (Å²) >= 11 is 5.82. The van der Waals surface area contributed by atoms with E-state index in [1.165, 1.54) is 0 Å². The number of hydrogen-bond acceptors (Lipinski definition) is 4. The summed E-state index contributed by atoms with van der Waals surface area (Å²) in [6, 6.07) is 9.61. The Morgan fingerprint density at radius 3 is 2.58 bits per heavy atom. The van der Waals surface area contributed by atoms with Crippen LogP contribution in [0.25, 0.3) is 0 Å². The number of methoxy groups -OCH3 is 1. The second kappa shape index (κ2) is 5.80. The number of nitrogens with zero attached hydrogens (tertiary/aromatic N) is 1. The molecule has 0 fully saturated rings. The molecule has 0 saturated carbocycles. The van der Waals surface area contributed by atoms with Crippen LogP contribution in [0, 0.1) is 0 Å². The average molecular weight is 278 g/mol. The van der Waals surface area contributed by atoms with Crippen LogP contribution in [0.2, 0.25) is 5.02 Å². The van der Waals surface area contributed by atoms with Crippen LogP contribution in [0.4, 0.5) is 11.5 Å². The Bertz CT molecular complexity index is 557. The number of anilines is 2. The molecule has 1 aromatic heterocycles. The number of nitrogens with one attached hydrogen (secondary N) is 1. The molecule has 2 aromatic rings. The Kier molecular flexibility index (Phi) is 4.12. The van der Waals surface area contributed by atoms with Crippen molar-refractivity contribution in [2.24, 2.45) is 0 Å². The molecule has 1 atom stereocenters. The van der Waals surface area contributed by atoms with E-state index in [1.54, 1.807) is 19.4 Å². The van der Waals surface area contributed by atoms with Gasteiger partial charge >= 0.3 is 0 Å². The lowest BCUT2D eigenvalue weighted by atomic mass is 10.1. The molecular formula is C14H16ClN3O. The van der Waals surface area contributed by atoms with Crippen molar-refractivity contribution in [2.75, 3.05) is 18.2 Å². The van der Waals surface area contributed by atoms with E-state index in [9.17, 15) is 0 Å². The largest absolute Gasteiger partial charge is 0.497 e. The summed E-state index contributed by atoms with van der Waals surface area (Å²) in [5.74, 6) is 1.47. The van der Waals surface area contributed by atoms with Crippen molar-refractivity contribution in [2.45, 2.75) is 13.0 Å². The van der Waals surface area contributed by atoms with Gasteiger partial charge in [0.05, 0.1) is 23.9 Å². The van der Waals surface area contributed by atoms with Crippen molar-refractivity contribution in [3.63, 3.8) is 0 Å². The second-order valence-corrected chi connectivity index (χ2v) is 4.67. The Morgan fingerprint density at radius 2 is 2.00 bits per heavy atom. The van der Waals surface area contributed by atoms with Gasteiger partial charge < -0.3 is 15.8 Å². The Hall–Kier alpha value is -1.94. The minimum absolute atomic E-state index is 0.0851. The van der Waals surface area contributed by atoms with E-state index in [0.29, 0.717) is 16.5 Å². The highest BCUT2D eigenvalue weighted by Crippen LogP contribution is 2.25. The van der Waals surface area contributed by atoms with Crippen molar-refractivity contribution in [3.05, 3.63) is 47.1 Å². The smallest absolute Gasteiger partial charge is 0.149 e. The number of ether oxygens (including phenoxy) is 1. The fourth-order valence-electron chi connectivity index (χ4n) is 1.76. The molecule has 1 aromatic carbocycles. The maximum Gasteiger partial charge on any atom is 0.149 e. The number of pyridine rings is 1. The minimum atomic E-state index is 0.0851. The number of halogens is 1. The summed E-state index contributed by atoms with van der Waals surface area (Å²) < 4.78 is 5.13. The van der Waals surface area contributed by atoms with Crippen LogP contribution in [0.15, 0.2) is 36.5 Å². The fraction of sp³-hybridized carbons (Fsp3) is 0.214. The molecule has 0 radical (unpaired) electrons. The maximum absolute atomic E-state index is 5.86. The SMILES string of the molecule is COc1ccc(C(C)Nc2ncc(Cl)cc2N)cc1. The van der Waals surface area contributed by atoms with Crippen molar-refractivity contribution < 1.29 is 4.74 Å². The monoisotopic (exact) mass is 277 g/mol. The van der Waals surface area contributed by atoms with Gasteiger partial charge in [-0.3, -0.25) is 0 Å². The lowest BCUT2D eigenvalue weighted by Gasteiger charge is -2.16. The van der Waals surface area contributed by atoms with Crippen LogP contribution >= 0.6 is 11.6 Å². The molecule has 0 saturated heterocycles. The molecule has 1 heterocycles. The van der Waals surface area contributed by atoms with Crippen molar-refractivity contribution in [1.29, 1.82) is 0 Å². The van der Waals surface area contributed by atoms with Crippen LogP contribution < -0.4 is 15.8 Å². The molecule has 5 heteroatoms. The zero-order valence-corrected chi connectivity index (χ0v) is 11.6. The molecular weight excluding hydrogens is 262 g/mol. The topological polar surface area (TPSA) is 60.2 Å². The third kappa shape index (κ3) is 3.29.